The van der Waals surface area contributed by atoms with Crippen molar-refractivity contribution in [2.24, 2.45) is 0 Å². The molecule has 0 fully saturated rings. The summed E-state index contributed by atoms with van der Waals surface area (Å²) in [5, 5.41) is 0. The van der Waals surface area contributed by atoms with Gasteiger partial charge in [-0.3, -0.25) is 9.36 Å². The lowest BCUT2D eigenvalue weighted by atomic mass is 10.3. The van der Waals surface area contributed by atoms with Crippen molar-refractivity contribution in [3.63, 3.8) is 0 Å². The van der Waals surface area contributed by atoms with Crippen LogP contribution in [0.1, 0.15) is 11.7 Å². The minimum absolute atomic E-state index is 0.0235. The van der Waals surface area contributed by atoms with Crippen LogP contribution in [0.5, 0.6) is 11.5 Å². The summed E-state index contributed by atoms with van der Waals surface area (Å²) in [6.45, 7) is 2.53. The Morgan fingerprint density at radius 3 is 2.44 bits per heavy atom. The van der Waals surface area contributed by atoms with E-state index in [0.29, 0.717) is 12.4 Å². The van der Waals surface area contributed by atoms with Gasteiger partial charge < -0.3 is 9.47 Å². The van der Waals surface area contributed by atoms with E-state index in [9.17, 15) is 4.79 Å². The van der Waals surface area contributed by atoms with Gasteiger partial charge in [-0.25, -0.2) is 4.98 Å². The molecule has 18 heavy (non-hydrogen) atoms. The molecule has 5 heteroatoms. The predicted octanol–water partition coefficient (Wildman–Crippen LogP) is 2.00. The number of rotatable bonds is 5. The first-order valence-corrected chi connectivity index (χ1v) is 5.66. The second-order valence-electron chi connectivity index (χ2n) is 3.56. The van der Waals surface area contributed by atoms with Crippen molar-refractivity contribution >= 4 is 5.91 Å². The van der Waals surface area contributed by atoms with Gasteiger partial charge in [-0.1, -0.05) is 0 Å². The lowest BCUT2D eigenvalue weighted by Crippen LogP contribution is -2.17. The van der Waals surface area contributed by atoms with E-state index in [1.54, 1.807) is 36.7 Å². The summed E-state index contributed by atoms with van der Waals surface area (Å²) in [6, 6.07) is 7.15. The molecule has 0 aliphatic carbocycles. The molecule has 1 aromatic heterocycles. The van der Waals surface area contributed by atoms with Gasteiger partial charge in [-0.15, -0.1) is 0 Å². The van der Waals surface area contributed by atoms with Crippen LogP contribution in [0.25, 0.3) is 0 Å². The van der Waals surface area contributed by atoms with E-state index in [2.05, 4.69) is 4.98 Å². The Kier molecular flexibility index (Phi) is 3.96. The standard InChI is InChI=1S/C13H14N2O3/c1-2-17-11-3-5-12(6-4-11)18-9-13(16)15-8-7-14-10-15/h3-8,10H,2,9H2,1H3. The van der Waals surface area contributed by atoms with E-state index in [-0.39, 0.29) is 12.5 Å². The molecule has 2 rings (SSSR count). The van der Waals surface area contributed by atoms with Crippen LogP contribution < -0.4 is 9.47 Å². The molecule has 5 nitrogen and oxygen atoms in total. The molecule has 0 saturated heterocycles. The first-order chi connectivity index (χ1) is 8.79. The normalized spacial score (nSPS) is 10.1. The highest BCUT2D eigenvalue weighted by molar-refractivity contribution is 5.80. The van der Waals surface area contributed by atoms with E-state index < -0.39 is 0 Å². The van der Waals surface area contributed by atoms with Crippen molar-refractivity contribution in [2.45, 2.75) is 6.92 Å². The maximum Gasteiger partial charge on any atom is 0.269 e. The van der Waals surface area contributed by atoms with Gasteiger partial charge in [-0.05, 0) is 31.2 Å². The van der Waals surface area contributed by atoms with Gasteiger partial charge >= 0.3 is 0 Å². The summed E-state index contributed by atoms with van der Waals surface area (Å²) >= 11 is 0. The van der Waals surface area contributed by atoms with Gasteiger partial charge in [-0.2, -0.15) is 0 Å². The number of carbonyl (C=O) groups is 1. The Morgan fingerprint density at radius 2 is 1.89 bits per heavy atom. The van der Waals surface area contributed by atoms with Gasteiger partial charge in [0, 0.05) is 12.4 Å². The predicted molar refractivity (Wildman–Crippen MR) is 66.0 cm³/mol. The first-order valence-electron chi connectivity index (χ1n) is 5.66. The van der Waals surface area contributed by atoms with Gasteiger partial charge in [0.25, 0.3) is 5.91 Å². The molecule has 0 saturated carbocycles. The molecule has 1 aromatic carbocycles. The van der Waals surface area contributed by atoms with Crippen molar-refractivity contribution in [3.8, 4) is 11.5 Å². The second kappa shape index (κ2) is 5.86. The Bertz CT molecular complexity index is 491. The molecule has 0 aliphatic rings. The van der Waals surface area contributed by atoms with Crippen LogP contribution in [0.4, 0.5) is 0 Å². The van der Waals surface area contributed by atoms with E-state index in [1.165, 1.54) is 10.9 Å². The summed E-state index contributed by atoms with van der Waals surface area (Å²) in [6.07, 6.45) is 4.59. The highest BCUT2D eigenvalue weighted by Gasteiger charge is 2.04. The molecule has 0 N–H and O–H groups in total. The molecule has 94 valence electrons. The van der Waals surface area contributed by atoms with E-state index in [1.807, 2.05) is 6.92 Å². The number of hydrogen-bond acceptors (Lipinski definition) is 4. The Hall–Kier alpha value is -2.30. The largest absolute Gasteiger partial charge is 0.494 e. The maximum atomic E-state index is 11.6. The number of aromatic nitrogens is 2. The zero-order valence-corrected chi connectivity index (χ0v) is 10.1. The van der Waals surface area contributed by atoms with Crippen LogP contribution in [-0.2, 0) is 0 Å². The lowest BCUT2D eigenvalue weighted by Gasteiger charge is -2.07. The molecule has 1 heterocycles. The van der Waals surface area contributed by atoms with Crippen molar-refractivity contribution in [1.29, 1.82) is 0 Å². The number of nitrogens with zero attached hydrogens (tertiary/aromatic N) is 2. The SMILES string of the molecule is CCOc1ccc(OCC(=O)n2ccnc2)cc1. The maximum absolute atomic E-state index is 11.6. The van der Waals surface area contributed by atoms with Gasteiger partial charge in [0.1, 0.15) is 17.8 Å². The first kappa shape index (κ1) is 12.2. The third-order valence-corrected chi connectivity index (χ3v) is 2.29. The fraction of sp³-hybridized carbons (Fsp3) is 0.231. The molecule has 0 amide bonds. The monoisotopic (exact) mass is 246 g/mol. The molecular formula is C13H14N2O3. The van der Waals surface area contributed by atoms with Crippen LogP contribution in [0.3, 0.4) is 0 Å². The summed E-state index contributed by atoms with van der Waals surface area (Å²) < 4.78 is 12.1. The van der Waals surface area contributed by atoms with Gasteiger partial charge in [0.05, 0.1) is 6.61 Å². The summed E-state index contributed by atoms with van der Waals surface area (Å²) in [5.41, 5.74) is 0. The smallest absolute Gasteiger partial charge is 0.269 e. The average molecular weight is 246 g/mol. The fourth-order valence-electron chi connectivity index (χ4n) is 1.43. The highest BCUT2D eigenvalue weighted by atomic mass is 16.5. The van der Waals surface area contributed by atoms with Crippen LogP contribution in [-0.4, -0.2) is 28.7 Å². The van der Waals surface area contributed by atoms with E-state index in [0.717, 1.165) is 5.75 Å². The minimum atomic E-state index is -0.165. The number of carbonyl (C=O) groups excluding carboxylic acids is 1. The van der Waals surface area contributed by atoms with Crippen molar-refractivity contribution in [2.75, 3.05) is 13.2 Å². The summed E-state index contributed by atoms with van der Waals surface area (Å²) in [7, 11) is 0. The van der Waals surface area contributed by atoms with E-state index in [4.69, 9.17) is 9.47 Å². The molecule has 0 radical (unpaired) electrons. The fourth-order valence-corrected chi connectivity index (χ4v) is 1.43. The lowest BCUT2D eigenvalue weighted by molar-refractivity contribution is 0.0837. The second-order valence-corrected chi connectivity index (χ2v) is 3.56. The molecule has 0 aliphatic heterocycles. The van der Waals surface area contributed by atoms with E-state index >= 15 is 0 Å². The molecule has 0 unspecified atom stereocenters. The van der Waals surface area contributed by atoms with Crippen LogP contribution in [0.2, 0.25) is 0 Å². The Labute approximate surface area is 105 Å². The molecule has 2 aromatic rings. The highest BCUT2D eigenvalue weighted by Crippen LogP contribution is 2.17. The van der Waals surface area contributed by atoms with Crippen LogP contribution >= 0.6 is 0 Å². The number of ether oxygens (including phenoxy) is 2. The third-order valence-electron chi connectivity index (χ3n) is 2.29. The molecular weight excluding hydrogens is 232 g/mol. The van der Waals surface area contributed by atoms with Crippen molar-refractivity contribution in [1.82, 2.24) is 9.55 Å². The van der Waals surface area contributed by atoms with Gasteiger partial charge in [0.15, 0.2) is 6.61 Å². The number of hydrogen-bond donors (Lipinski definition) is 0. The quantitative estimate of drug-likeness (QED) is 0.809. The molecule has 0 atom stereocenters. The molecule has 0 bridgehead atoms. The Balaban J connectivity index is 1.88. The van der Waals surface area contributed by atoms with Gasteiger partial charge in [0.2, 0.25) is 0 Å². The van der Waals surface area contributed by atoms with Crippen LogP contribution in [0.15, 0.2) is 43.0 Å². The van der Waals surface area contributed by atoms with Crippen molar-refractivity contribution in [3.05, 3.63) is 43.0 Å². The zero-order valence-electron chi connectivity index (χ0n) is 10.1. The third kappa shape index (κ3) is 3.10. The number of benzene rings is 1. The minimum Gasteiger partial charge on any atom is -0.494 e. The van der Waals surface area contributed by atoms with Crippen LogP contribution in [0, 0.1) is 0 Å². The Morgan fingerprint density at radius 1 is 1.22 bits per heavy atom. The molecule has 0 spiro atoms. The van der Waals surface area contributed by atoms with Crippen molar-refractivity contribution < 1.29 is 14.3 Å². The number of imidazole rings is 1. The zero-order chi connectivity index (χ0) is 12.8. The average Bonchev–Trinajstić information content (AvgIpc) is 2.92. The summed E-state index contributed by atoms with van der Waals surface area (Å²) in [4.78, 5) is 15.4. The summed E-state index contributed by atoms with van der Waals surface area (Å²) in [5.74, 6) is 1.25. The topological polar surface area (TPSA) is 53.4 Å².